The highest BCUT2D eigenvalue weighted by molar-refractivity contribution is 7.90. The first-order valence-electron chi connectivity index (χ1n) is 8.06. The molecule has 0 spiro atoms. The van der Waals surface area contributed by atoms with Crippen LogP contribution in [-0.4, -0.2) is 32.1 Å². The number of furan rings is 1. The van der Waals surface area contributed by atoms with Gasteiger partial charge in [0.15, 0.2) is 0 Å². The number of benzene rings is 1. The number of aryl methyl sites for hydroxylation is 2. The van der Waals surface area contributed by atoms with E-state index >= 15 is 0 Å². The highest BCUT2D eigenvalue weighted by Crippen LogP contribution is 2.22. The van der Waals surface area contributed by atoms with E-state index in [0.717, 1.165) is 0 Å². The number of sulfonamides is 1. The summed E-state index contributed by atoms with van der Waals surface area (Å²) >= 11 is 0. The first-order chi connectivity index (χ1) is 12.7. The van der Waals surface area contributed by atoms with Gasteiger partial charge in [0.05, 0.1) is 10.5 Å². The second-order valence-corrected chi connectivity index (χ2v) is 7.68. The average Bonchev–Trinajstić information content (AvgIpc) is 3.08. The molecule has 27 heavy (non-hydrogen) atoms. The van der Waals surface area contributed by atoms with Crippen LogP contribution in [0.3, 0.4) is 0 Å². The van der Waals surface area contributed by atoms with Crippen molar-refractivity contribution in [1.29, 1.82) is 0 Å². The Morgan fingerprint density at radius 3 is 2.56 bits per heavy atom. The summed E-state index contributed by atoms with van der Waals surface area (Å²) in [6, 6.07) is 6.96. The zero-order valence-corrected chi connectivity index (χ0v) is 15.7. The Hall–Kier alpha value is -3.14. The van der Waals surface area contributed by atoms with E-state index in [0.29, 0.717) is 22.6 Å². The van der Waals surface area contributed by atoms with Gasteiger partial charge in [-0.2, -0.15) is 0 Å². The molecule has 9 nitrogen and oxygen atoms in total. The van der Waals surface area contributed by atoms with Crippen molar-refractivity contribution in [2.45, 2.75) is 31.7 Å². The largest absolute Gasteiger partial charge is 0.466 e. The molecule has 142 valence electrons. The fourth-order valence-corrected chi connectivity index (χ4v) is 3.87. The van der Waals surface area contributed by atoms with Crippen molar-refractivity contribution in [2.24, 2.45) is 4.99 Å². The third kappa shape index (κ3) is 3.70. The molecule has 2 amide bonds. The zero-order valence-electron chi connectivity index (χ0n) is 14.9. The van der Waals surface area contributed by atoms with Gasteiger partial charge >= 0.3 is 0 Å². The number of nitrogens with zero attached hydrogens (tertiary/aromatic N) is 1. The van der Waals surface area contributed by atoms with E-state index < -0.39 is 27.9 Å². The van der Waals surface area contributed by atoms with Crippen molar-refractivity contribution in [1.82, 2.24) is 15.6 Å². The first kappa shape index (κ1) is 18.6. The fraction of sp³-hybridized carbons (Fsp3) is 0.235. The first-order valence-corrected chi connectivity index (χ1v) is 9.54. The van der Waals surface area contributed by atoms with Crippen molar-refractivity contribution < 1.29 is 22.4 Å². The van der Waals surface area contributed by atoms with Gasteiger partial charge < -0.3 is 4.42 Å². The molecule has 0 radical (unpaired) electrons. The Morgan fingerprint density at radius 2 is 1.89 bits per heavy atom. The maximum absolute atomic E-state index is 12.2. The van der Waals surface area contributed by atoms with Gasteiger partial charge in [0.1, 0.15) is 23.4 Å². The minimum absolute atomic E-state index is 0.0841. The van der Waals surface area contributed by atoms with Crippen molar-refractivity contribution in [3.8, 4) is 0 Å². The molecule has 10 heteroatoms. The van der Waals surface area contributed by atoms with Crippen LogP contribution in [-0.2, 0) is 14.8 Å². The van der Waals surface area contributed by atoms with Gasteiger partial charge in [0, 0.05) is 5.56 Å². The van der Waals surface area contributed by atoms with Gasteiger partial charge in [0.2, 0.25) is 0 Å². The highest BCUT2D eigenvalue weighted by atomic mass is 32.2. The Kier molecular flexibility index (Phi) is 4.75. The minimum atomic E-state index is -3.68. The number of hydrazine groups is 1. The number of hydrogen-bond donors (Lipinski definition) is 3. The second-order valence-electron chi connectivity index (χ2n) is 6.03. The van der Waals surface area contributed by atoms with Gasteiger partial charge in [-0.05, 0) is 39.0 Å². The van der Waals surface area contributed by atoms with Crippen LogP contribution in [0.15, 0.2) is 44.6 Å². The minimum Gasteiger partial charge on any atom is -0.466 e. The summed E-state index contributed by atoms with van der Waals surface area (Å²) in [4.78, 5) is 28.5. The van der Waals surface area contributed by atoms with Gasteiger partial charge in [-0.3, -0.25) is 30.2 Å². The summed E-state index contributed by atoms with van der Waals surface area (Å²) < 4.78 is 31.7. The summed E-state index contributed by atoms with van der Waals surface area (Å²) in [6.07, 6.45) is 0. The van der Waals surface area contributed by atoms with Gasteiger partial charge in [-0.25, -0.2) is 8.42 Å². The Morgan fingerprint density at radius 1 is 1.19 bits per heavy atom. The number of fused-ring (bicyclic) bond motifs is 1. The molecule has 1 aromatic heterocycles. The molecule has 3 rings (SSSR count). The monoisotopic (exact) mass is 390 g/mol. The van der Waals surface area contributed by atoms with Crippen LogP contribution in [0.25, 0.3) is 0 Å². The number of rotatable bonds is 3. The number of carbonyl (C=O) groups is 2. The Labute approximate surface area is 155 Å². The van der Waals surface area contributed by atoms with Crippen LogP contribution >= 0.6 is 0 Å². The van der Waals surface area contributed by atoms with Crippen LogP contribution in [0, 0.1) is 13.8 Å². The molecule has 0 fully saturated rings. The summed E-state index contributed by atoms with van der Waals surface area (Å²) in [7, 11) is -3.68. The number of carbonyl (C=O) groups excluding carboxylic acids is 2. The fourth-order valence-electron chi connectivity index (χ4n) is 2.63. The lowest BCUT2D eigenvalue weighted by atomic mass is 10.2. The van der Waals surface area contributed by atoms with Crippen molar-refractivity contribution in [3.05, 3.63) is 53.0 Å². The maximum Gasteiger partial charge on any atom is 0.273 e. The van der Waals surface area contributed by atoms with E-state index in [1.54, 1.807) is 38.1 Å². The van der Waals surface area contributed by atoms with Crippen LogP contribution in [0.1, 0.15) is 34.4 Å². The number of hydrogen-bond acceptors (Lipinski definition) is 6. The highest BCUT2D eigenvalue weighted by Gasteiger charge is 2.31. The molecule has 2 heterocycles. The van der Waals surface area contributed by atoms with E-state index in [1.165, 1.54) is 13.0 Å². The van der Waals surface area contributed by atoms with E-state index in [-0.39, 0.29) is 10.7 Å². The lowest BCUT2D eigenvalue weighted by Gasteiger charge is -2.10. The maximum atomic E-state index is 12.2. The molecule has 1 atom stereocenters. The molecule has 0 bridgehead atoms. The number of amidine groups is 1. The Bertz CT molecular complexity index is 1060. The quantitative estimate of drug-likeness (QED) is 0.667. The van der Waals surface area contributed by atoms with Crippen molar-refractivity contribution in [3.63, 3.8) is 0 Å². The van der Waals surface area contributed by atoms with E-state index in [4.69, 9.17) is 4.42 Å². The molecule has 1 aliphatic rings. The predicted molar refractivity (Wildman–Crippen MR) is 96.6 cm³/mol. The number of aliphatic imine (C=N–C) groups is 1. The van der Waals surface area contributed by atoms with Crippen LogP contribution in [0.2, 0.25) is 0 Å². The summed E-state index contributed by atoms with van der Waals surface area (Å²) in [5.41, 5.74) is 5.26. The molecule has 0 saturated carbocycles. The summed E-state index contributed by atoms with van der Waals surface area (Å²) in [5.74, 6) is -0.0249. The van der Waals surface area contributed by atoms with Gasteiger partial charge in [-0.1, -0.05) is 12.1 Å². The lowest BCUT2D eigenvalue weighted by molar-refractivity contribution is -0.122. The molecule has 0 unspecified atom stereocenters. The standard InChI is InChI=1S/C17H18N4O5S/c1-9-8-13(11(3)26-9)17(23)20-19-16(22)10(2)18-15-12-6-4-5-7-14(12)27(24,25)21-15/h4-8,10H,1-3H3,(H,18,21)(H,19,22)(H,20,23)/t10-/m0/s1. The zero-order chi connectivity index (χ0) is 19.8. The molecule has 2 aromatic rings. The topological polar surface area (TPSA) is 130 Å². The van der Waals surface area contributed by atoms with Crippen LogP contribution in [0.5, 0.6) is 0 Å². The van der Waals surface area contributed by atoms with E-state index in [9.17, 15) is 18.0 Å². The molecule has 1 aromatic carbocycles. The SMILES string of the molecule is Cc1cc(C(=O)NNC(=O)[C@H](C)N=C2NS(=O)(=O)c3ccccc32)c(C)o1. The molecule has 3 N–H and O–H groups in total. The number of amides is 2. The third-order valence-corrected chi connectivity index (χ3v) is 5.35. The lowest BCUT2D eigenvalue weighted by Crippen LogP contribution is -2.45. The normalized spacial score (nSPS) is 17.1. The predicted octanol–water partition coefficient (Wildman–Crippen LogP) is 0.785. The summed E-state index contributed by atoms with van der Waals surface area (Å²) in [5, 5.41) is 0. The molecular formula is C17H18N4O5S. The molecule has 0 aliphatic carbocycles. The van der Waals surface area contributed by atoms with Crippen LogP contribution < -0.4 is 15.6 Å². The summed E-state index contributed by atoms with van der Waals surface area (Å²) in [6.45, 7) is 4.83. The second kappa shape index (κ2) is 6.88. The van der Waals surface area contributed by atoms with E-state index in [1.807, 2.05) is 0 Å². The Balaban J connectivity index is 1.69. The van der Waals surface area contributed by atoms with E-state index in [2.05, 4.69) is 20.6 Å². The van der Waals surface area contributed by atoms with Gasteiger partial charge in [0.25, 0.3) is 21.8 Å². The third-order valence-electron chi connectivity index (χ3n) is 3.95. The van der Waals surface area contributed by atoms with Crippen LogP contribution in [0.4, 0.5) is 0 Å². The molecular weight excluding hydrogens is 372 g/mol. The average molecular weight is 390 g/mol. The van der Waals surface area contributed by atoms with Gasteiger partial charge in [-0.15, -0.1) is 0 Å². The smallest absolute Gasteiger partial charge is 0.273 e. The number of nitrogens with one attached hydrogen (secondary N) is 3. The molecule has 0 saturated heterocycles. The van der Waals surface area contributed by atoms with Crippen molar-refractivity contribution >= 4 is 27.7 Å². The van der Waals surface area contributed by atoms with Crippen molar-refractivity contribution in [2.75, 3.05) is 0 Å². The molecule has 1 aliphatic heterocycles.